The van der Waals surface area contributed by atoms with E-state index in [1.54, 1.807) is 0 Å². The Morgan fingerprint density at radius 3 is 2.55 bits per heavy atom. The Hall–Kier alpha value is -1.90. The molecule has 0 aromatic carbocycles. The number of rotatable bonds is 4. The smallest absolute Gasteiger partial charge is 0.374 e. The minimum Gasteiger partial charge on any atom is -0.374 e. The molecule has 6 atom stereocenters. The Bertz CT molecular complexity index is 767. The van der Waals surface area contributed by atoms with Gasteiger partial charge in [-0.2, -0.15) is 13.2 Å². The standard InChI is InChI=1S/C20H26F4N2O3/c1-11-8-13(21)3-5-16(11)29-17-4-2-12(20(22,23)24)9-15(17)19(28)26-14-6-7-25-18(27)10-14/h6-7,10-13,15-17H,2-5,8-9H2,1H3,(H2,25,26,27,28). The molecule has 5 nitrogen and oxygen atoms in total. The number of hydrogen-bond donors (Lipinski definition) is 2. The van der Waals surface area contributed by atoms with E-state index in [0.717, 1.165) is 0 Å². The summed E-state index contributed by atoms with van der Waals surface area (Å²) in [6.07, 6.45) is -4.02. The molecule has 6 unspecified atom stereocenters. The highest BCUT2D eigenvalue weighted by Crippen LogP contribution is 2.42. The van der Waals surface area contributed by atoms with Gasteiger partial charge in [0, 0.05) is 18.0 Å². The van der Waals surface area contributed by atoms with Crippen molar-refractivity contribution in [2.24, 2.45) is 17.8 Å². The Morgan fingerprint density at radius 2 is 1.90 bits per heavy atom. The molecule has 1 aromatic rings. The molecule has 0 bridgehead atoms. The van der Waals surface area contributed by atoms with Crippen LogP contribution in [0.1, 0.15) is 45.4 Å². The summed E-state index contributed by atoms with van der Waals surface area (Å²) in [5.41, 5.74) is -0.206. The summed E-state index contributed by atoms with van der Waals surface area (Å²) in [6.45, 7) is 1.86. The molecule has 1 heterocycles. The molecule has 29 heavy (non-hydrogen) atoms. The molecular weight excluding hydrogens is 392 g/mol. The van der Waals surface area contributed by atoms with Gasteiger partial charge in [0.15, 0.2) is 0 Å². The molecule has 2 N–H and O–H groups in total. The van der Waals surface area contributed by atoms with Crippen molar-refractivity contribution in [3.63, 3.8) is 0 Å². The van der Waals surface area contributed by atoms with Crippen LogP contribution in [0, 0.1) is 17.8 Å². The van der Waals surface area contributed by atoms with Gasteiger partial charge >= 0.3 is 6.18 Å². The number of aromatic amines is 1. The molecule has 0 saturated heterocycles. The van der Waals surface area contributed by atoms with Crippen LogP contribution in [0.3, 0.4) is 0 Å². The molecule has 0 spiro atoms. The molecule has 162 valence electrons. The maximum Gasteiger partial charge on any atom is 0.391 e. The van der Waals surface area contributed by atoms with Crippen LogP contribution in [0.15, 0.2) is 23.1 Å². The van der Waals surface area contributed by atoms with Gasteiger partial charge in [0.2, 0.25) is 11.5 Å². The lowest BCUT2D eigenvalue weighted by Crippen LogP contribution is -2.45. The average Bonchev–Trinajstić information content (AvgIpc) is 2.63. The zero-order valence-electron chi connectivity index (χ0n) is 16.2. The summed E-state index contributed by atoms with van der Waals surface area (Å²) in [4.78, 5) is 26.6. The molecule has 2 fully saturated rings. The van der Waals surface area contributed by atoms with E-state index in [1.807, 2.05) is 6.92 Å². The van der Waals surface area contributed by atoms with Crippen LogP contribution in [-0.2, 0) is 9.53 Å². The predicted octanol–water partition coefficient (Wildman–Crippen LogP) is 4.20. The molecule has 2 aliphatic carbocycles. The van der Waals surface area contributed by atoms with E-state index in [-0.39, 0.29) is 37.0 Å². The minimum absolute atomic E-state index is 0.0597. The number of ether oxygens (including phenoxy) is 1. The number of halogens is 4. The fourth-order valence-electron chi connectivity index (χ4n) is 4.37. The van der Waals surface area contributed by atoms with Crippen LogP contribution >= 0.6 is 0 Å². The average molecular weight is 418 g/mol. The van der Waals surface area contributed by atoms with Gasteiger partial charge in [-0.1, -0.05) is 6.92 Å². The number of alkyl halides is 4. The number of H-pyrrole nitrogens is 1. The summed E-state index contributed by atoms with van der Waals surface area (Å²) >= 11 is 0. The second-order valence-electron chi connectivity index (χ2n) is 8.19. The topological polar surface area (TPSA) is 71.2 Å². The first kappa shape index (κ1) is 21.8. The first-order valence-electron chi connectivity index (χ1n) is 9.99. The molecule has 1 aromatic heterocycles. The molecule has 0 aliphatic heterocycles. The molecule has 3 rings (SSSR count). The van der Waals surface area contributed by atoms with Crippen molar-refractivity contribution >= 4 is 11.6 Å². The van der Waals surface area contributed by atoms with Gasteiger partial charge in [0.25, 0.3) is 0 Å². The maximum absolute atomic E-state index is 13.6. The van der Waals surface area contributed by atoms with E-state index in [0.29, 0.717) is 19.3 Å². The molecule has 0 radical (unpaired) electrons. The second kappa shape index (κ2) is 8.85. The van der Waals surface area contributed by atoms with Crippen molar-refractivity contribution in [2.75, 3.05) is 5.32 Å². The highest BCUT2D eigenvalue weighted by molar-refractivity contribution is 5.92. The van der Waals surface area contributed by atoms with E-state index in [1.165, 1.54) is 18.3 Å². The van der Waals surface area contributed by atoms with Gasteiger partial charge in [0.1, 0.15) is 6.17 Å². The van der Waals surface area contributed by atoms with Crippen molar-refractivity contribution in [3.05, 3.63) is 28.7 Å². The molecule has 1 amide bonds. The number of hydrogen-bond acceptors (Lipinski definition) is 3. The predicted molar refractivity (Wildman–Crippen MR) is 99.2 cm³/mol. The summed E-state index contributed by atoms with van der Waals surface area (Å²) in [5, 5.41) is 2.54. The lowest BCUT2D eigenvalue weighted by molar-refractivity contribution is -0.199. The van der Waals surface area contributed by atoms with Crippen molar-refractivity contribution in [3.8, 4) is 0 Å². The summed E-state index contributed by atoms with van der Waals surface area (Å²) < 4.78 is 59.5. The van der Waals surface area contributed by atoms with Crippen molar-refractivity contribution in [2.45, 2.75) is 70.0 Å². The van der Waals surface area contributed by atoms with Gasteiger partial charge in [-0.15, -0.1) is 0 Å². The van der Waals surface area contributed by atoms with Crippen molar-refractivity contribution in [1.82, 2.24) is 4.98 Å². The monoisotopic (exact) mass is 418 g/mol. The van der Waals surface area contributed by atoms with E-state index in [2.05, 4.69) is 10.3 Å². The van der Waals surface area contributed by atoms with Gasteiger partial charge in [-0.05, 0) is 50.5 Å². The fraction of sp³-hybridized carbons (Fsp3) is 0.700. The first-order valence-corrected chi connectivity index (χ1v) is 9.99. The van der Waals surface area contributed by atoms with Gasteiger partial charge in [-0.25, -0.2) is 4.39 Å². The highest BCUT2D eigenvalue weighted by Gasteiger charge is 2.48. The third-order valence-corrected chi connectivity index (χ3v) is 6.01. The zero-order valence-corrected chi connectivity index (χ0v) is 16.2. The molecule has 2 aliphatic rings. The number of nitrogens with one attached hydrogen (secondary N) is 2. The van der Waals surface area contributed by atoms with E-state index < -0.39 is 41.8 Å². The lowest BCUT2D eigenvalue weighted by atomic mass is 9.77. The minimum atomic E-state index is -4.38. The number of amides is 1. The van der Waals surface area contributed by atoms with Crippen molar-refractivity contribution < 1.29 is 27.1 Å². The van der Waals surface area contributed by atoms with Crippen molar-refractivity contribution in [1.29, 1.82) is 0 Å². The van der Waals surface area contributed by atoms with Gasteiger partial charge in [-0.3, -0.25) is 9.59 Å². The maximum atomic E-state index is 13.6. The van der Waals surface area contributed by atoms with Gasteiger partial charge < -0.3 is 15.0 Å². The van der Waals surface area contributed by atoms with Gasteiger partial charge in [0.05, 0.1) is 24.0 Å². The van der Waals surface area contributed by atoms with E-state index in [4.69, 9.17) is 4.74 Å². The number of carbonyl (C=O) groups excluding carboxylic acids is 1. The lowest BCUT2D eigenvalue weighted by Gasteiger charge is -2.40. The third-order valence-electron chi connectivity index (χ3n) is 6.01. The van der Waals surface area contributed by atoms with Crippen LogP contribution in [0.2, 0.25) is 0 Å². The SMILES string of the molecule is CC1CC(F)CCC1OC1CCC(C(F)(F)F)CC1C(=O)Nc1cc[nH]c(=O)c1. The normalized spacial score (nSPS) is 33.3. The Balaban J connectivity index is 1.74. The Morgan fingerprint density at radius 1 is 1.17 bits per heavy atom. The molecular formula is C20H26F4N2O3. The first-order chi connectivity index (χ1) is 13.6. The molecule has 9 heteroatoms. The number of anilines is 1. The summed E-state index contributed by atoms with van der Waals surface area (Å²) in [6, 6.07) is 2.63. The summed E-state index contributed by atoms with van der Waals surface area (Å²) in [7, 11) is 0. The number of carbonyl (C=O) groups is 1. The highest BCUT2D eigenvalue weighted by atomic mass is 19.4. The Labute approximate surface area is 166 Å². The van der Waals surface area contributed by atoms with Crippen LogP contribution in [-0.4, -0.2) is 35.4 Å². The van der Waals surface area contributed by atoms with Crippen LogP contribution in [0.5, 0.6) is 0 Å². The van der Waals surface area contributed by atoms with E-state index >= 15 is 0 Å². The summed E-state index contributed by atoms with van der Waals surface area (Å²) in [5.74, 6) is -3.22. The van der Waals surface area contributed by atoms with Crippen LogP contribution in [0.25, 0.3) is 0 Å². The zero-order chi connectivity index (χ0) is 21.2. The third kappa shape index (κ3) is 5.58. The molecule has 2 saturated carbocycles. The second-order valence-corrected chi connectivity index (χ2v) is 8.19. The number of pyridine rings is 1. The Kier molecular flexibility index (Phi) is 6.65. The van der Waals surface area contributed by atoms with E-state index in [9.17, 15) is 27.2 Å². The van der Waals surface area contributed by atoms with Crippen LogP contribution in [0.4, 0.5) is 23.2 Å². The van der Waals surface area contributed by atoms with Crippen LogP contribution < -0.4 is 10.9 Å². The fourth-order valence-corrected chi connectivity index (χ4v) is 4.37. The largest absolute Gasteiger partial charge is 0.391 e. The number of aromatic nitrogens is 1. The quantitative estimate of drug-likeness (QED) is 0.720.